The van der Waals surface area contributed by atoms with Crippen LogP contribution in [-0.4, -0.2) is 37.2 Å². The largest absolute Gasteiger partial charge is 0.488 e. The van der Waals surface area contributed by atoms with E-state index in [1.165, 1.54) is 11.1 Å². The van der Waals surface area contributed by atoms with E-state index in [1.807, 2.05) is 6.92 Å². The van der Waals surface area contributed by atoms with Gasteiger partial charge in [-0.25, -0.2) is 0 Å². The zero-order chi connectivity index (χ0) is 12.4. The molecule has 2 rings (SSSR count). The third kappa shape index (κ3) is 3.20. The van der Waals surface area contributed by atoms with Crippen LogP contribution in [0.3, 0.4) is 0 Å². The van der Waals surface area contributed by atoms with Gasteiger partial charge < -0.3 is 15.4 Å². The minimum Gasteiger partial charge on any atom is -0.488 e. The smallest absolute Gasteiger partial charge is 0.123 e. The second kappa shape index (κ2) is 5.07. The predicted octanol–water partition coefficient (Wildman–Crippen LogP) is 1.58. The van der Waals surface area contributed by atoms with Gasteiger partial charge in [-0.1, -0.05) is 17.7 Å². The Morgan fingerprint density at radius 3 is 3.00 bits per heavy atom. The van der Waals surface area contributed by atoms with Gasteiger partial charge in [-0.15, -0.1) is 0 Å². The number of aryl methyl sites for hydroxylation is 1. The van der Waals surface area contributed by atoms with E-state index in [1.54, 1.807) is 0 Å². The van der Waals surface area contributed by atoms with Crippen molar-refractivity contribution >= 4 is 0 Å². The maximum atomic E-state index is 5.93. The highest BCUT2D eigenvalue weighted by Crippen LogP contribution is 2.29. The zero-order valence-electron chi connectivity index (χ0n) is 10.9. The van der Waals surface area contributed by atoms with Crippen LogP contribution in [0, 0.1) is 6.92 Å². The van der Waals surface area contributed by atoms with E-state index in [-0.39, 0.29) is 12.1 Å². The van der Waals surface area contributed by atoms with Crippen LogP contribution < -0.4 is 10.5 Å². The fourth-order valence-electron chi connectivity index (χ4n) is 2.46. The fraction of sp³-hybridized carbons (Fsp3) is 0.571. The summed E-state index contributed by atoms with van der Waals surface area (Å²) >= 11 is 0. The Morgan fingerprint density at radius 2 is 2.29 bits per heavy atom. The van der Waals surface area contributed by atoms with Crippen LogP contribution in [0.1, 0.15) is 18.1 Å². The monoisotopic (exact) mass is 234 g/mol. The van der Waals surface area contributed by atoms with Gasteiger partial charge in [0.05, 0.1) is 0 Å². The number of hydrogen-bond donors (Lipinski definition) is 1. The van der Waals surface area contributed by atoms with Crippen LogP contribution in [0.25, 0.3) is 0 Å². The molecule has 0 amide bonds. The molecule has 2 N–H and O–H groups in total. The van der Waals surface area contributed by atoms with Crippen molar-refractivity contribution in [2.24, 2.45) is 5.73 Å². The van der Waals surface area contributed by atoms with Gasteiger partial charge in [0.2, 0.25) is 0 Å². The summed E-state index contributed by atoms with van der Waals surface area (Å²) in [5.74, 6) is 1.05. The van der Waals surface area contributed by atoms with Crippen molar-refractivity contribution in [3.05, 3.63) is 29.3 Å². The van der Waals surface area contributed by atoms with Crippen LogP contribution in [0.2, 0.25) is 0 Å². The molecule has 0 saturated carbocycles. The molecule has 1 aromatic rings. The SMILES string of the molecule is Cc1ccc2c(c1)CC(CN(C)CC(C)N)O2. The third-order valence-electron chi connectivity index (χ3n) is 3.07. The van der Waals surface area contributed by atoms with Crippen molar-refractivity contribution in [2.75, 3.05) is 20.1 Å². The van der Waals surface area contributed by atoms with E-state index in [0.717, 1.165) is 25.3 Å². The fourth-order valence-corrected chi connectivity index (χ4v) is 2.46. The van der Waals surface area contributed by atoms with E-state index in [0.29, 0.717) is 0 Å². The summed E-state index contributed by atoms with van der Waals surface area (Å²) in [5.41, 5.74) is 8.43. The number of hydrogen-bond acceptors (Lipinski definition) is 3. The predicted molar refractivity (Wildman–Crippen MR) is 70.4 cm³/mol. The molecular formula is C14H22N2O. The Kier molecular flexibility index (Phi) is 3.69. The lowest BCUT2D eigenvalue weighted by atomic mass is 10.1. The molecule has 0 aromatic heterocycles. The molecule has 94 valence electrons. The highest BCUT2D eigenvalue weighted by molar-refractivity contribution is 5.40. The zero-order valence-corrected chi connectivity index (χ0v) is 10.9. The van der Waals surface area contributed by atoms with Crippen molar-refractivity contribution < 1.29 is 4.74 Å². The molecule has 17 heavy (non-hydrogen) atoms. The summed E-state index contributed by atoms with van der Waals surface area (Å²) in [6.07, 6.45) is 1.29. The molecule has 0 fully saturated rings. The Morgan fingerprint density at radius 1 is 1.53 bits per heavy atom. The molecule has 2 atom stereocenters. The molecule has 0 spiro atoms. The van der Waals surface area contributed by atoms with Gasteiger partial charge in [-0.05, 0) is 32.5 Å². The molecule has 1 aliphatic rings. The van der Waals surface area contributed by atoms with Gasteiger partial charge >= 0.3 is 0 Å². The van der Waals surface area contributed by atoms with Crippen molar-refractivity contribution in [1.82, 2.24) is 4.90 Å². The van der Waals surface area contributed by atoms with Crippen LogP contribution in [0.5, 0.6) is 5.75 Å². The molecular weight excluding hydrogens is 212 g/mol. The molecule has 0 saturated heterocycles. The highest BCUT2D eigenvalue weighted by atomic mass is 16.5. The molecule has 3 heteroatoms. The van der Waals surface area contributed by atoms with Crippen LogP contribution in [0.15, 0.2) is 18.2 Å². The Balaban J connectivity index is 1.92. The van der Waals surface area contributed by atoms with Gasteiger partial charge in [-0.2, -0.15) is 0 Å². The lowest BCUT2D eigenvalue weighted by Gasteiger charge is -2.22. The first-order chi connectivity index (χ1) is 8.04. The first-order valence-corrected chi connectivity index (χ1v) is 6.25. The average molecular weight is 234 g/mol. The Hall–Kier alpha value is -1.06. The van der Waals surface area contributed by atoms with Gasteiger partial charge in [0.25, 0.3) is 0 Å². The minimum atomic E-state index is 0.214. The van der Waals surface area contributed by atoms with Crippen LogP contribution >= 0.6 is 0 Å². The molecule has 0 aliphatic carbocycles. The summed E-state index contributed by atoms with van der Waals surface area (Å²) in [5, 5.41) is 0. The van der Waals surface area contributed by atoms with Gasteiger partial charge in [0, 0.05) is 25.6 Å². The van der Waals surface area contributed by atoms with Crippen molar-refractivity contribution in [2.45, 2.75) is 32.4 Å². The van der Waals surface area contributed by atoms with E-state index >= 15 is 0 Å². The second-order valence-corrected chi connectivity index (χ2v) is 5.25. The summed E-state index contributed by atoms with van der Waals surface area (Å²) < 4.78 is 5.93. The normalized spacial score (nSPS) is 20.2. The highest BCUT2D eigenvalue weighted by Gasteiger charge is 2.23. The quantitative estimate of drug-likeness (QED) is 0.859. The summed E-state index contributed by atoms with van der Waals surface area (Å²) in [6, 6.07) is 6.62. The third-order valence-corrected chi connectivity index (χ3v) is 3.07. The summed E-state index contributed by atoms with van der Waals surface area (Å²) in [6.45, 7) is 6.00. The number of nitrogens with zero attached hydrogens (tertiary/aromatic N) is 1. The number of rotatable bonds is 4. The first-order valence-electron chi connectivity index (χ1n) is 6.25. The van der Waals surface area contributed by atoms with Crippen LogP contribution in [-0.2, 0) is 6.42 Å². The van der Waals surface area contributed by atoms with Crippen LogP contribution in [0.4, 0.5) is 0 Å². The Bertz CT molecular complexity index is 390. The number of benzene rings is 1. The molecule has 3 nitrogen and oxygen atoms in total. The van der Waals surface area contributed by atoms with Crippen molar-refractivity contribution in [3.63, 3.8) is 0 Å². The maximum Gasteiger partial charge on any atom is 0.123 e. The first kappa shape index (κ1) is 12.4. The molecule has 0 bridgehead atoms. The molecule has 2 unspecified atom stereocenters. The van der Waals surface area contributed by atoms with E-state index in [2.05, 4.69) is 37.1 Å². The second-order valence-electron chi connectivity index (χ2n) is 5.25. The number of fused-ring (bicyclic) bond motifs is 1. The molecule has 1 aliphatic heterocycles. The lowest BCUT2D eigenvalue weighted by Crippen LogP contribution is -2.38. The summed E-state index contributed by atoms with van der Waals surface area (Å²) in [4.78, 5) is 2.24. The standard InChI is InChI=1S/C14H22N2O/c1-10-4-5-14-12(6-10)7-13(17-14)9-16(3)8-11(2)15/h4-6,11,13H,7-9,15H2,1-3H3. The molecule has 1 aromatic carbocycles. The maximum absolute atomic E-state index is 5.93. The number of likely N-dealkylation sites (N-methyl/N-ethyl adjacent to an activating group) is 1. The van der Waals surface area contributed by atoms with E-state index < -0.39 is 0 Å². The lowest BCUT2D eigenvalue weighted by molar-refractivity contribution is 0.165. The number of nitrogens with two attached hydrogens (primary N) is 1. The Labute approximate surface area is 104 Å². The van der Waals surface area contributed by atoms with E-state index in [4.69, 9.17) is 10.5 Å². The molecule has 1 heterocycles. The topological polar surface area (TPSA) is 38.5 Å². The van der Waals surface area contributed by atoms with Crippen molar-refractivity contribution in [1.29, 1.82) is 0 Å². The number of ether oxygens (including phenoxy) is 1. The average Bonchev–Trinajstić information content (AvgIpc) is 2.57. The van der Waals surface area contributed by atoms with Crippen molar-refractivity contribution in [3.8, 4) is 5.75 Å². The molecule has 0 radical (unpaired) electrons. The summed E-state index contributed by atoms with van der Waals surface area (Å²) in [7, 11) is 2.10. The van der Waals surface area contributed by atoms with Gasteiger partial charge in [0.15, 0.2) is 0 Å². The minimum absolute atomic E-state index is 0.214. The van der Waals surface area contributed by atoms with E-state index in [9.17, 15) is 0 Å². The van der Waals surface area contributed by atoms with Gasteiger partial charge in [-0.3, -0.25) is 0 Å². The van der Waals surface area contributed by atoms with Gasteiger partial charge in [0.1, 0.15) is 11.9 Å².